The van der Waals surface area contributed by atoms with E-state index in [1.165, 1.54) is 0 Å². The van der Waals surface area contributed by atoms with E-state index in [2.05, 4.69) is 0 Å². The van der Waals surface area contributed by atoms with Crippen LogP contribution in [0, 0.1) is 11.8 Å². The van der Waals surface area contributed by atoms with Gasteiger partial charge < -0.3 is 9.47 Å². The van der Waals surface area contributed by atoms with Crippen LogP contribution < -0.4 is 9.47 Å². The summed E-state index contributed by atoms with van der Waals surface area (Å²) in [7, 11) is 0. The molecule has 0 atom stereocenters. The Labute approximate surface area is 187 Å². The van der Waals surface area contributed by atoms with Gasteiger partial charge in [-0.25, -0.2) is 0 Å². The molecule has 0 aromatic heterocycles. The van der Waals surface area contributed by atoms with Crippen molar-refractivity contribution in [3.63, 3.8) is 0 Å². The Morgan fingerprint density at radius 1 is 0.562 bits per heavy atom. The molecule has 4 aromatic rings. The highest BCUT2D eigenvalue weighted by atomic mass is 16.5. The largest absolute Gasteiger partial charge is 0.425 e. The van der Waals surface area contributed by atoms with Crippen LogP contribution in [0.2, 0.25) is 0 Å². The molecule has 162 valence electrons. The SMILES string of the molecule is CC(C)C(=O)Oc1c(-c2ccc3ccccc3c2OC(=O)C(C)C)ccc2ccccc12. The monoisotopic (exact) mass is 426 g/mol. The van der Waals surface area contributed by atoms with Crippen LogP contribution >= 0.6 is 0 Å². The van der Waals surface area contributed by atoms with Crippen LogP contribution in [-0.2, 0) is 9.59 Å². The molecule has 0 aliphatic heterocycles. The van der Waals surface area contributed by atoms with E-state index >= 15 is 0 Å². The number of ether oxygens (including phenoxy) is 2. The van der Waals surface area contributed by atoms with Gasteiger partial charge in [-0.1, -0.05) is 88.4 Å². The maximum absolute atomic E-state index is 12.6. The zero-order chi connectivity index (χ0) is 22.8. The molecule has 0 spiro atoms. The van der Waals surface area contributed by atoms with Gasteiger partial charge in [-0.05, 0) is 22.9 Å². The summed E-state index contributed by atoms with van der Waals surface area (Å²) < 4.78 is 11.8. The van der Waals surface area contributed by atoms with Crippen LogP contribution in [0.5, 0.6) is 11.5 Å². The van der Waals surface area contributed by atoms with Gasteiger partial charge in [-0.15, -0.1) is 0 Å². The molecular weight excluding hydrogens is 400 g/mol. The van der Waals surface area contributed by atoms with Crippen molar-refractivity contribution in [2.24, 2.45) is 11.8 Å². The van der Waals surface area contributed by atoms with E-state index in [1.807, 2.05) is 72.8 Å². The summed E-state index contributed by atoms with van der Waals surface area (Å²) >= 11 is 0. The molecule has 0 fully saturated rings. The average Bonchev–Trinajstić information content (AvgIpc) is 2.79. The molecule has 32 heavy (non-hydrogen) atoms. The Morgan fingerprint density at radius 3 is 1.31 bits per heavy atom. The average molecular weight is 427 g/mol. The van der Waals surface area contributed by atoms with Gasteiger partial charge in [0.05, 0.1) is 11.8 Å². The van der Waals surface area contributed by atoms with Crippen molar-refractivity contribution in [2.45, 2.75) is 27.7 Å². The maximum Gasteiger partial charge on any atom is 0.313 e. The molecule has 0 unspecified atom stereocenters. The van der Waals surface area contributed by atoms with Gasteiger partial charge in [-0.3, -0.25) is 9.59 Å². The van der Waals surface area contributed by atoms with E-state index in [4.69, 9.17) is 9.47 Å². The first kappa shape index (κ1) is 21.6. The van der Waals surface area contributed by atoms with E-state index in [0.717, 1.165) is 21.5 Å². The van der Waals surface area contributed by atoms with Crippen molar-refractivity contribution < 1.29 is 19.1 Å². The minimum absolute atomic E-state index is 0.281. The predicted octanol–water partition coefficient (Wildman–Crippen LogP) is 6.78. The van der Waals surface area contributed by atoms with Crippen LogP contribution in [0.4, 0.5) is 0 Å². The second-order valence-electron chi connectivity index (χ2n) is 8.48. The molecule has 0 amide bonds. The molecule has 4 aromatic carbocycles. The van der Waals surface area contributed by atoms with Gasteiger partial charge in [0.15, 0.2) is 0 Å². The smallest absolute Gasteiger partial charge is 0.313 e. The molecule has 0 saturated carbocycles. The van der Waals surface area contributed by atoms with Crippen LogP contribution in [0.1, 0.15) is 27.7 Å². The van der Waals surface area contributed by atoms with Crippen molar-refractivity contribution in [3.8, 4) is 22.6 Å². The third kappa shape index (κ3) is 4.09. The second-order valence-corrected chi connectivity index (χ2v) is 8.48. The molecular formula is C28H26O4. The summed E-state index contributed by atoms with van der Waals surface area (Å²) in [5, 5.41) is 3.58. The quantitative estimate of drug-likeness (QED) is 0.261. The Balaban J connectivity index is 2.00. The van der Waals surface area contributed by atoms with Crippen LogP contribution in [-0.4, -0.2) is 11.9 Å². The molecule has 0 heterocycles. The normalized spacial score (nSPS) is 11.3. The molecule has 0 bridgehead atoms. The molecule has 4 rings (SSSR count). The Hall–Kier alpha value is -3.66. The van der Waals surface area contributed by atoms with E-state index in [-0.39, 0.29) is 23.8 Å². The fraction of sp³-hybridized carbons (Fsp3) is 0.214. The van der Waals surface area contributed by atoms with Crippen molar-refractivity contribution in [1.82, 2.24) is 0 Å². The van der Waals surface area contributed by atoms with Crippen molar-refractivity contribution in [2.75, 3.05) is 0 Å². The molecule has 0 N–H and O–H groups in total. The Morgan fingerprint density at radius 2 is 0.938 bits per heavy atom. The number of hydrogen-bond donors (Lipinski definition) is 0. The van der Waals surface area contributed by atoms with Gasteiger partial charge in [-0.2, -0.15) is 0 Å². The fourth-order valence-electron chi connectivity index (χ4n) is 3.57. The predicted molar refractivity (Wildman–Crippen MR) is 128 cm³/mol. The summed E-state index contributed by atoms with van der Waals surface area (Å²) in [5.74, 6) is -0.251. The number of rotatable bonds is 5. The lowest BCUT2D eigenvalue weighted by atomic mass is 9.96. The zero-order valence-electron chi connectivity index (χ0n) is 18.7. The molecule has 0 saturated heterocycles. The number of esters is 2. The highest BCUT2D eigenvalue weighted by Crippen LogP contribution is 2.44. The van der Waals surface area contributed by atoms with Gasteiger partial charge in [0.2, 0.25) is 0 Å². The third-order valence-corrected chi connectivity index (χ3v) is 5.40. The topological polar surface area (TPSA) is 52.6 Å². The first-order valence-corrected chi connectivity index (χ1v) is 10.8. The summed E-state index contributed by atoms with van der Waals surface area (Å²) in [4.78, 5) is 25.2. The standard InChI is InChI=1S/C28H26O4/c1-17(2)27(29)31-25-21-11-7-5-9-19(21)13-15-23(25)24-16-14-20-10-6-8-12-22(20)26(24)32-28(30)18(3)4/h5-18H,1-4H3. The first-order chi connectivity index (χ1) is 15.4. The van der Waals surface area contributed by atoms with Gasteiger partial charge >= 0.3 is 11.9 Å². The zero-order valence-corrected chi connectivity index (χ0v) is 18.7. The van der Waals surface area contributed by atoms with E-state index in [0.29, 0.717) is 22.6 Å². The van der Waals surface area contributed by atoms with Crippen LogP contribution in [0.3, 0.4) is 0 Å². The lowest BCUT2D eigenvalue weighted by Crippen LogP contribution is -2.16. The number of benzene rings is 4. The lowest BCUT2D eigenvalue weighted by Gasteiger charge is -2.18. The van der Waals surface area contributed by atoms with E-state index in [9.17, 15) is 9.59 Å². The van der Waals surface area contributed by atoms with Gasteiger partial charge in [0.25, 0.3) is 0 Å². The van der Waals surface area contributed by atoms with Crippen molar-refractivity contribution in [3.05, 3.63) is 72.8 Å². The number of hydrogen-bond acceptors (Lipinski definition) is 4. The van der Waals surface area contributed by atoms with Crippen molar-refractivity contribution >= 4 is 33.5 Å². The number of fused-ring (bicyclic) bond motifs is 2. The molecule has 0 radical (unpaired) electrons. The summed E-state index contributed by atoms with van der Waals surface area (Å²) in [6, 6.07) is 23.4. The number of carbonyl (C=O) groups excluding carboxylic acids is 2. The van der Waals surface area contributed by atoms with Gasteiger partial charge in [0.1, 0.15) is 11.5 Å². The highest BCUT2D eigenvalue weighted by Gasteiger charge is 2.22. The molecule has 0 aliphatic rings. The number of carbonyl (C=O) groups is 2. The Bertz CT molecular complexity index is 1210. The highest BCUT2D eigenvalue weighted by molar-refractivity contribution is 6.02. The van der Waals surface area contributed by atoms with Gasteiger partial charge in [0, 0.05) is 21.9 Å². The maximum atomic E-state index is 12.6. The Kier molecular flexibility index (Phi) is 5.95. The third-order valence-electron chi connectivity index (χ3n) is 5.40. The summed E-state index contributed by atoms with van der Waals surface area (Å²) in [5.41, 5.74) is 1.41. The van der Waals surface area contributed by atoms with Crippen LogP contribution in [0.25, 0.3) is 32.7 Å². The van der Waals surface area contributed by atoms with Crippen molar-refractivity contribution in [1.29, 1.82) is 0 Å². The fourth-order valence-corrected chi connectivity index (χ4v) is 3.57. The van der Waals surface area contributed by atoms with E-state index < -0.39 is 0 Å². The second kappa shape index (κ2) is 8.83. The van der Waals surface area contributed by atoms with Crippen LogP contribution in [0.15, 0.2) is 72.8 Å². The summed E-state index contributed by atoms with van der Waals surface area (Å²) in [6.07, 6.45) is 0. The first-order valence-electron chi connectivity index (χ1n) is 10.8. The lowest BCUT2D eigenvalue weighted by molar-refractivity contribution is -0.138. The van der Waals surface area contributed by atoms with E-state index in [1.54, 1.807) is 27.7 Å². The minimum Gasteiger partial charge on any atom is -0.425 e. The molecule has 4 heteroatoms. The minimum atomic E-state index is -0.316. The molecule has 0 aliphatic carbocycles. The summed E-state index contributed by atoms with van der Waals surface area (Å²) in [6.45, 7) is 7.22. The molecule has 4 nitrogen and oxygen atoms in total.